The number of aliphatic hydroxyl groups is 1. The summed E-state index contributed by atoms with van der Waals surface area (Å²) < 4.78 is 11.2. The quantitative estimate of drug-likeness (QED) is 0.746. The maximum Gasteiger partial charge on any atom is 0.142 e. The second-order valence-corrected chi connectivity index (χ2v) is 5.46. The number of para-hydroxylation sites is 2. The highest BCUT2D eigenvalue weighted by Gasteiger charge is 2.21. The second kappa shape index (κ2) is 8.22. The molecule has 1 unspecified atom stereocenters. The zero-order valence-electron chi connectivity index (χ0n) is 12.7. The molecule has 0 spiro atoms. The minimum Gasteiger partial charge on any atom is -0.489 e. The highest BCUT2D eigenvalue weighted by Crippen LogP contribution is 2.20. The number of hydrogen-bond donors (Lipinski definition) is 2. The van der Waals surface area contributed by atoms with Crippen molar-refractivity contribution in [2.75, 3.05) is 38.6 Å². The predicted octanol–water partition coefficient (Wildman–Crippen LogP) is 1.51. The third kappa shape index (κ3) is 5.19. The van der Waals surface area contributed by atoms with E-state index in [0.29, 0.717) is 24.1 Å². The van der Waals surface area contributed by atoms with Crippen LogP contribution in [0.4, 0.5) is 5.69 Å². The molecule has 5 nitrogen and oxygen atoms in total. The lowest BCUT2D eigenvalue weighted by Crippen LogP contribution is -2.42. The first-order valence-electron chi connectivity index (χ1n) is 7.68. The van der Waals surface area contributed by atoms with Crippen LogP contribution in [0.2, 0.25) is 0 Å². The minimum absolute atomic E-state index is 0.263. The van der Waals surface area contributed by atoms with Crippen molar-refractivity contribution >= 4 is 5.69 Å². The number of anilines is 1. The minimum atomic E-state index is -0.506. The second-order valence-electron chi connectivity index (χ2n) is 5.46. The highest BCUT2D eigenvalue weighted by molar-refractivity contribution is 5.51. The molecule has 1 aromatic rings. The van der Waals surface area contributed by atoms with Gasteiger partial charge in [-0.2, -0.15) is 0 Å². The van der Waals surface area contributed by atoms with Gasteiger partial charge in [0.25, 0.3) is 0 Å². The van der Waals surface area contributed by atoms with Gasteiger partial charge in [0, 0.05) is 26.2 Å². The van der Waals surface area contributed by atoms with E-state index in [9.17, 15) is 5.11 Å². The fraction of sp³-hybridized carbons (Fsp3) is 0.625. The molecule has 0 amide bonds. The third-order valence-electron chi connectivity index (χ3n) is 3.76. The van der Waals surface area contributed by atoms with Crippen molar-refractivity contribution in [3.05, 3.63) is 24.3 Å². The number of likely N-dealkylation sites (tertiary alicyclic amines) is 1. The van der Waals surface area contributed by atoms with Crippen LogP contribution >= 0.6 is 0 Å². The maximum absolute atomic E-state index is 10.1. The Morgan fingerprint density at radius 1 is 1.33 bits per heavy atom. The number of nitrogens with two attached hydrogens (primary N) is 1. The summed E-state index contributed by atoms with van der Waals surface area (Å²) in [6.07, 6.45) is 1.94. The van der Waals surface area contributed by atoms with Gasteiger partial charge < -0.3 is 25.2 Å². The molecule has 0 radical (unpaired) electrons. The Morgan fingerprint density at radius 2 is 2.05 bits per heavy atom. The van der Waals surface area contributed by atoms with Crippen molar-refractivity contribution < 1.29 is 14.6 Å². The van der Waals surface area contributed by atoms with Crippen LogP contribution in [0.15, 0.2) is 24.3 Å². The maximum atomic E-state index is 10.1. The number of hydrogen-bond acceptors (Lipinski definition) is 5. The van der Waals surface area contributed by atoms with Crippen molar-refractivity contribution in [2.24, 2.45) is 0 Å². The summed E-state index contributed by atoms with van der Waals surface area (Å²) in [7, 11) is 0. The molecule has 1 heterocycles. The highest BCUT2D eigenvalue weighted by atomic mass is 16.5. The first kappa shape index (κ1) is 16.1. The molecule has 1 aromatic carbocycles. The largest absolute Gasteiger partial charge is 0.489 e. The van der Waals surface area contributed by atoms with E-state index in [1.165, 1.54) is 0 Å². The molecule has 1 aliphatic heterocycles. The standard InChI is InChI=1S/C16H26N2O3/c1-2-20-14-7-9-18(10-8-14)11-13(19)12-21-16-6-4-3-5-15(16)17/h3-6,13-14,19H,2,7-12,17H2,1H3. The molecule has 1 fully saturated rings. The molecule has 2 rings (SSSR count). The zero-order valence-corrected chi connectivity index (χ0v) is 12.7. The van der Waals surface area contributed by atoms with Crippen LogP contribution in [0.3, 0.4) is 0 Å². The number of rotatable bonds is 7. The molecule has 0 aromatic heterocycles. The van der Waals surface area contributed by atoms with Crippen LogP contribution < -0.4 is 10.5 Å². The average Bonchev–Trinajstić information content (AvgIpc) is 2.49. The van der Waals surface area contributed by atoms with Crippen LogP contribution in [-0.4, -0.2) is 55.1 Å². The lowest BCUT2D eigenvalue weighted by atomic mass is 10.1. The van der Waals surface area contributed by atoms with Crippen molar-refractivity contribution in [2.45, 2.75) is 32.0 Å². The normalized spacial score (nSPS) is 18.6. The van der Waals surface area contributed by atoms with Crippen LogP contribution in [0, 0.1) is 0 Å². The molecule has 0 aliphatic carbocycles. The molecular weight excluding hydrogens is 268 g/mol. The lowest BCUT2D eigenvalue weighted by molar-refractivity contribution is -0.00181. The SMILES string of the molecule is CCOC1CCN(CC(O)COc2ccccc2N)CC1. The van der Waals surface area contributed by atoms with Gasteiger partial charge in [0.1, 0.15) is 18.5 Å². The number of β-amino-alcohol motifs (C(OH)–C–C–N with tert-alkyl or cyclic N) is 1. The van der Waals surface area contributed by atoms with E-state index in [-0.39, 0.29) is 6.61 Å². The van der Waals surface area contributed by atoms with Gasteiger partial charge in [-0.1, -0.05) is 12.1 Å². The van der Waals surface area contributed by atoms with Gasteiger partial charge in [-0.3, -0.25) is 0 Å². The average molecular weight is 294 g/mol. The summed E-state index contributed by atoms with van der Waals surface area (Å²) >= 11 is 0. The molecule has 1 atom stereocenters. The lowest BCUT2D eigenvalue weighted by Gasteiger charge is -2.32. The van der Waals surface area contributed by atoms with Gasteiger partial charge in [0.2, 0.25) is 0 Å². The molecule has 1 aliphatic rings. The predicted molar refractivity (Wildman–Crippen MR) is 83.4 cm³/mol. The van der Waals surface area contributed by atoms with E-state index in [2.05, 4.69) is 4.90 Å². The summed E-state index contributed by atoms with van der Waals surface area (Å²) in [5, 5.41) is 10.1. The molecule has 0 bridgehead atoms. The Labute approximate surface area is 126 Å². The fourth-order valence-corrected chi connectivity index (χ4v) is 2.64. The number of nitrogen functional groups attached to an aromatic ring is 1. The van der Waals surface area contributed by atoms with Crippen LogP contribution in [0.1, 0.15) is 19.8 Å². The smallest absolute Gasteiger partial charge is 0.142 e. The summed E-state index contributed by atoms with van der Waals surface area (Å²) in [4.78, 5) is 2.26. The first-order valence-corrected chi connectivity index (χ1v) is 7.68. The van der Waals surface area contributed by atoms with E-state index in [1.807, 2.05) is 25.1 Å². The Bertz CT molecular complexity index is 420. The van der Waals surface area contributed by atoms with Gasteiger partial charge in [-0.15, -0.1) is 0 Å². The molecule has 21 heavy (non-hydrogen) atoms. The van der Waals surface area contributed by atoms with Crippen LogP contribution in [-0.2, 0) is 4.74 Å². The number of nitrogens with zero attached hydrogens (tertiary/aromatic N) is 1. The molecule has 3 N–H and O–H groups in total. The van der Waals surface area contributed by atoms with E-state index in [1.54, 1.807) is 6.07 Å². The summed E-state index contributed by atoms with van der Waals surface area (Å²) in [6, 6.07) is 7.34. The Kier molecular flexibility index (Phi) is 6.29. The molecule has 1 saturated heterocycles. The van der Waals surface area contributed by atoms with Crippen LogP contribution in [0.5, 0.6) is 5.75 Å². The monoisotopic (exact) mass is 294 g/mol. The van der Waals surface area contributed by atoms with Crippen molar-refractivity contribution in [3.63, 3.8) is 0 Å². The van der Waals surface area contributed by atoms with E-state index in [0.717, 1.165) is 32.5 Å². The van der Waals surface area contributed by atoms with Gasteiger partial charge in [0.15, 0.2) is 0 Å². The molecule has 5 heteroatoms. The van der Waals surface area contributed by atoms with Crippen molar-refractivity contribution in [1.82, 2.24) is 4.90 Å². The topological polar surface area (TPSA) is 68.0 Å². The van der Waals surface area contributed by atoms with Gasteiger partial charge in [0.05, 0.1) is 11.8 Å². The first-order chi connectivity index (χ1) is 10.2. The number of aliphatic hydroxyl groups excluding tert-OH is 1. The van der Waals surface area contributed by atoms with Gasteiger partial charge in [-0.25, -0.2) is 0 Å². The van der Waals surface area contributed by atoms with E-state index >= 15 is 0 Å². The van der Waals surface area contributed by atoms with Gasteiger partial charge >= 0.3 is 0 Å². The van der Waals surface area contributed by atoms with Crippen molar-refractivity contribution in [1.29, 1.82) is 0 Å². The third-order valence-corrected chi connectivity index (χ3v) is 3.76. The van der Waals surface area contributed by atoms with Crippen LogP contribution in [0.25, 0.3) is 0 Å². The number of benzene rings is 1. The van der Waals surface area contributed by atoms with E-state index in [4.69, 9.17) is 15.2 Å². The molecule has 118 valence electrons. The van der Waals surface area contributed by atoms with Gasteiger partial charge in [-0.05, 0) is 31.9 Å². The Morgan fingerprint density at radius 3 is 2.71 bits per heavy atom. The van der Waals surface area contributed by atoms with E-state index < -0.39 is 6.10 Å². The van der Waals surface area contributed by atoms with Crippen molar-refractivity contribution in [3.8, 4) is 5.75 Å². The summed E-state index contributed by atoms with van der Waals surface area (Å²) in [6.45, 7) is 5.64. The zero-order chi connectivity index (χ0) is 15.1. The molecular formula is C16H26N2O3. The Balaban J connectivity index is 1.68. The fourth-order valence-electron chi connectivity index (χ4n) is 2.64. The number of piperidine rings is 1. The summed E-state index contributed by atoms with van der Waals surface area (Å²) in [5.41, 5.74) is 6.40. The number of ether oxygens (including phenoxy) is 2. The Hall–Kier alpha value is -1.30. The molecule has 0 saturated carbocycles. The summed E-state index contributed by atoms with van der Waals surface area (Å²) in [5.74, 6) is 0.631.